The van der Waals surface area contributed by atoms with Crippen molar-refractivity contribution in [1.82, 2.24) is 0 Å². The summed E-state index contributed by atoms with van der Waals surface area (Å²) >= 11 is 12.0. The molecule has 1 unspecified atom stereocenters. The number of carbonyl (C=O) groups is 2. The van der Waals surface area contributed by atoms with E-state index in [-0.39, 0.29) is 27.0 Å². The minimum atomic E-state index is -1.15. The first-order chi connectivity index (χ1) is 16.3. The maximum absolute atomic E-state index is 13.0. The van der Waals surface area contributed by atoms with Gasteiger partial charge in [-0.15, -0.1) is 0 Å². The number of halogens is 2. The van der Waals surface area contributed by atoms with E-state index in [0.29, 0.717) is 27.6 Å². The molecular formula is C26H19Cl2NO5. The summed E-state index contributed by atoms with van der Waals surface area (Å²) in [4.78, 5) is 38.5. The Morgan fingerprint density at radius 2 is 1.74 bits per heavy atom. The van der Waals surface area contributed by atoms with E-state index in [1.165, 1.54) is 19.1 Å². The molecule has 1 amide bonds. The normalized spacial score (nSPS) is 11.8. The third-order valence-corrected chi connectivity index (χ3v) is 5.79. The number of fused-ring (bicyclic) bond motifs is 1. The van der Waals surface area contributed by atoms with Crippen molar-refractivity contribution in [2.24, 2.45) is 0 Å². The third-order valence-electron chi connectivity index (χ3n) is 5.24. The van der Waals surface area contributed by atoms with Crippen LogP contribution < -0.4 is 10.7 Å². The summed E-state index contributed by atoms with van der Waals surface area (Å²) in [5.74, 6) is -1.02. The zero-order valence-electron chi connectivity index (χ0n) is 18.2. The van der Waals surface area contributed by atoms with Gasteiger partial charge in [-0.3, -0.25) is 9.59 Å². The van der Waals surface area contributed by atoms with Gasteiger partial charge in [0, 0.05) is 16.1 Å². The molecule has 1 atom stereocenters. The molecule has 0 bridgehead atoms. The summed E-state index contributed by atoms with van der Waals surface area (Å²) in [5.41, 5.74) is 1.34. The van der Waals surface area contributed by atoms with Crippen LogP contribution in [0.5, 0.6) is 0 Å². The molecule has 8 heteroatoms. The average molecular weight is 496 g/mol. The minimum Gasteiger partial charge on any atom is -0.455 e. The van der Waals surface area contributed by atoms with Crippen LogP contribution in [-0.2, 0) is 9.53 Å². The van der Waals surface area contributed by atoms with Crippen molar-refractivity contribution in [2.75, 3.05) is 5.32 Å². The van der Waals surface area contributed by atoms with Crippen molar-refractivity contribution in [3.8, 4) is 11.3 Å². The summed E-state index contributed by atoms with van der Waals surface area (Å²) in [7, 11) is 0. The molecule has 0 saturated heterocycles. The topological polar surface area (TPSA) is 85.6 Å². The number of rotatable bonds is 5. The van der Waals surface area contributed by atoms with E-state index in [9.17, 15) is 14.4 Å². The van der Waals surface area contributed by atoms with Gasteiger partial charge >= 0.3 is 5.97 Å². The second-order valence-electron chi connectivity index (χ2n) is 7.59. The maximum Gasteiger partial charge on any atom is 0.342 e. The predicted octanol–water partition coefficient (Wildman–Crippen LogP) is 6.26. The first-order valence-corrected chi connectivity index (χ1v) is 11.1. The van der Waals surface area contributed by atoms with Crippen molar-refractivity contribution >= 4 is 51.7 Å². The third kappa shape index (κ3) is 4.69. The Balaban J connectivity index is 1.64. The Hall–Kier alpha value is -3.61. The Morgan fingerprint density at radius 1 is 1.00 bits per heavy atom. The molecule has 0 fully saturated rings. The van der Waals surface area contributed by atoms with E-state index in [1.807, 2.05) is 30.3 Å². The van der Waals surface area contributed by atoms with Crippen molar-refractivity contribution < 1.29 is 18.7 Å². The lowest BCUT2D eigenvalue weighted by Gasteiger charge is -2.15. The molecule has 3 aromatic carbocycles. The van der Waals surface area contributed by atoms with Crippen LogP contribution in [-0.4, -0.2) is 18.0 Å². The van der Waals surface area contributed by atoms with Gasteiger partial charge in [-0.05, 0) is 44.2 Å². The fourth-order valence-corrected chi connectivity index (χ4v) is 3.89. The maximum atomic E-state index is 13.0. The Labute approximate surface area is 205 Å². The number of esters is 1. The van der Waals surface area contributed by atoms with Gasteiger partial charge in [-0.2, -0.15) is 0 Å². The second-order valence-corrected chi connectivity index (χ2v) is 8.44. The zero-order chi connectivity index (χ0) is 24.4. The summed E-state index contributed by atoms with van der Waals surface area (Å²) in [6.45, 7) is 3.10. The van der Waals surface area contributed by atoms with E-state index in [1.54, 1.807) is 31.2 Å². The zero-order valence-corrected chi connectivity index (χ0v) is 19.7. The number of anilines is 1. The van der Waals surface area contributed by atoms with Gasteiger partial charge in [-0.25, -0.2) is 4.79 Å². The fourth-order valence-electron chi connectivity index (χ4n) is 3.44. The van der Waals surface area contributed by atoms with Gasteiger partial charge < -0.3 is 14.5 Å². The van der Waals surface area contributed by atoms with Gasteiger partial charge in [0.15, 0.2) is 17.1 Å². The molecular weight excluding hydrogens is 477 g/mol. The van der Waals surface area contributed by atoms with Crippen LogP contribution in [0.4, 0.5) is 5.69 Å². The highest BCUT2D eigenvalue weighted by atomic mass is 35.5. The number of benzene rings is 3. The van der Waals surface area contributed by atoms with Crippen molar-refractivity contribution in [1.29, 1.82) is 0 Å². The van der Waals surface area contributed by atoms with Crippen LogP contribution in [0, 0.1) is 6.92 Å². The molecule has 34 heavy (non-hydrogen) atoms. The lowest BCUT2D eigenvalue weighted by Crippen LogP contribution is -2.30. The van der Waals surface area contributed by atoms with Crippen LogP contribution in [0.2, 0.25) is 10.0 Å². The van der Waals surface area contributed by atoms with Gasteiger partial charge in [-0.1, -0.05) is 59.6 Å². The van der Waals surface area contributed by atoms with Crippen LogP contribution in [0.3, 0.4) is 0 Å². The van der Waals surface area contributed by atoms with E-state index < -0.39 is 18.0 Å². The molecule has 1 N–H and O–H groups in total. The highest BCUT2D eigenvalue weighted by Crippen LogP contribution is 2.28. The molecule has 0 aliphatic rings. The molecule has 0 saturated carbocycles. The predicted molar refractivity (Wildman–Crippen MR) is 133 cm³/mol. The van der Waals surface area contributed by atoms with Gasteiger partial charge in [0.2, 0.25) is 0 Å². The molecule has 0 aliphatic heterocycles. The van der Waals surface area contributed by atoms with Gasteiger partial charge in [0.1, 0.15) is 11.3 Å². The van der Waals surface area contributed by atoms with Crippen molar-refractivity contribution in [2.45, 2.75) is 20.0 Å². The molecule has 1 heterocycles. The first kappa shape index (κ1) is 23.5. The number of amides is 1. The smallest absolute Gasteiger partial charge is 0.342 e. The summed E-state index contributed by atoms with van der Waals surface area (Å²) in [5, 5.41) is 3.52. The molecule has 4 rings (SSSR count). The van der Waals surface area contributed by atoms with Gasteiger partial charge in [0.05, 0.1) is 16.1 Å². The van der Waals surface area contributed by atoms with Crippen LogP contribution in [0.15, 0.2) is 75.9 Å². The highest BCUT2D eigenvalue weighted by molar-refractivity contribution is 6.36. The lowest BCUT2D eigenvalue weighted by molar-refractivity contribution is -0.123. The molecule has 4 aromatic rings. The van der Waals surface area contributed by atoms with E-state index in [2.05, 4.69) is 5.32 Å². The second kappa shape index (κ2) is 9.71. The summed E-state index contributed by atoms with van der Waals surface area (Å²) in [6.07, 6.45) is -1.15. The van der Waals surface area contributed by atoms with E-state index in [4.69, 9.17) is 32.4 Å². The largest absolute Gasteiger partial charge is 0.455 e. The van der Waals surface area contributed by atoms with E-state index in [0.717, 1.165) is 0 Å². The quantitative estimate of drug-likeness (QED) is 0.330. The van der Waals surface area contributed by atoms with Crippen molar-refractivity contribution in [3.63, 3.8) is 0 Å². The first-order valence-electron chi connectivity index (χ1n) is 10.3. The SMILES string of the molecule is Cc1c(-c2ccccc2)oc2c(C(=O)OC(C)C(=O)Nc3ccc(Cl)cc3Cl)cccc2c1=O. The standard InChI is InChI=1S/C26H19Cl2NO5/c1-14-22(30)18-9-6-10-19(24(18)34-23(14)16-7-4-3-5-8-16)26(32)33-15(2)25(31)29-21-12-11-17(27)13-20(21)28/h3-13,15H,1-2H3,(H,29,31). The van der Waals surface area contributed by atoms with Crippen LogP contribution >= 0.6 is 23.2 Å². The Bertz CT molecular complexity index is 1460. The molecule has 6 nitrogen and oxygen atoms in total. The highest BCUT2D eigenvalue weighted by Gasteiger charge is 2.24. The summed E-state index contributed by atoms with van der Waals surface area (Å²) in [6, 6.07) is 18.4. The number of ether oxygens (including phenoxy) is 1. The number of hydrogen-bond donors (Lipinski definition) is 1. The minimum absolute atomic E-state index is 0.0379. The molecule has 0 aliphatic carbocycles. The number of hydrogen-bond acceptors (Lipinski definition) is 5. The summed E-state index contributed by atoms with van der Waals surface area (Å²) < 4.78 is 11.4. The van der Waals surface area contributed by atoms with Crippen molar-refractivity contribution in [3.05, 3.63) is 98.1 Å². The fraction of sp³-hybridized carbons (Fsp3) is 0.115. The Morgan fingerprint density at radius 3 is 2.44 bits per heavy atom. The Kier molecular flexibility index (Phi) is 6.72. The lowest BCUT2D eigenvalue weighted by atomic mass is 10.0. The van der Waals surface area contributed by atoms with Crippen LogP contribution in [0.25, 0.3) is 22.3 Å². The van der Waals surface area contributed by atoms with E-state index >= 15 is 0 Å². The number of nitrogens with one attached hydrogen (secondary N) is 1. The number of carbonyl (C=O) groups excluding carboxylic acids is 2. The average Bonchev–Trinajstić information content (AvgIpc) is 2.83. The molecule has 0 spiro atoms. The molecule has 172 valence electrons. The van der Waals surface area contributed by atoms with Crippen LogP contribution in [0.1, 0.15) is 22.8 Å². The monoisotopic (exact) mass is 495 g/mol. The molecule has 1 aromatic heterocycles. The number of para-hydroxylation sites is 1. The molecule has 0 radical (unpaired) electrons. The van der Waals surface area contributed by atoms with Gasteiger partial charge in [0.25, 0.3) is 5.91 Å².